The number of nitro groups is 1. The van der Waals surface area contributed by atoms with Crippen LogP contribution < -0.4 is 20.3 Å². The van der Waals surface area contributed by atoms with Gasteiger partial charge in [0.2, 0.25) is 0 Å². The Kier molecular flexibility index (Phi) is 6.65. The highest BCUT2D eigenvalue weighted by Crippen LogP contribution is 2.29. The Balaban J connectivity index is 1.71. The Morgan fingerprint density at radius 3 is 2.63 bits per heavy atom. The molecule has 0 spiro atoms. The van der Waals surface area contributed by atoms with Crippen LogP contribution in [0.1, 0.15) is 23.2 Å². The minimum atomic E-state index is -2.87. The Labute approximate surface area is 172 Å². The van der Waals surface area contributed by atoms with Crippen molar-refractivity contribution in [1.29, 1.82) is 0 Å². The molecule has 1 atom stereocenters. The van der Waals surface area contributed by atoms with Crippen molar-refractivity contribution in [2.45, 2.75) is 25.5 Å². The molecule has 0 aliphatic carbocycles. The SMILES string of the molecule is CNC(=O)c1ccc(NC2CCCN(c3ccc(OC(F)F)cc3)C2)c([N+](=O)[O-])c1. The first-order valence-corrected chi connectivity index (χ1v) is 9.44. The average molecular weight is 420 g/mol. The number of piperidine rings is 1. The highest BCUT2D eigenvalue weighted by atomic mass is 19.3. The van der Waals surface area contributed by atoms with Crippen molar-refractivity contribution in [1.82, 2.24) is 5.32 Å². The first-order chi connectivity index (χ1) is 14.4. The summed E-state index contributed by atoms with van der Waals surface area (Å²) in [5, 5.41) is 17.1. The van der Waals surface area contributed by atoms with Gasteiger partial charge in [-0.1, -0.05) is 0 Å². The molecule has 1 aliphatic rings. The number of benzene rings is 2. The number of hydrogen-bond acceptors (Lipinski definition) is 6. The number of halogens is 2. The van der Waals surface area contributed by atoms with Crippen LogP contribution in [0, 0.1) is 10.1 Å². The second kappa shape index (κ2) is 9.38. The van der Waals surface area contributed by atoms with Crippen LogP contribution in [0.4, 0.5) is 25.8 Å². The maximum Gasteiger partial charge on any atom is 0.387 e. The summed E-state index contributed by atoms with van der Waals surface area (Å²) in [5.41, 5.74) is 1.25. The maximum atomic E-state index is 12.3. The molecule has 0 bridgehead atoms. The van der Waals surface area contributed by atoms with Gasteiger partial charge < -0.3 is 20.3 Å². The molecule has 2 aromatic rings. The van der Waals surface area contributed by atoms with Gasteiger partial charge in [0.25, 0.3) is 11.6 Å². The third-order valence-corrected chi connectivity index (χ3v) is 4.89. The summed E-state index contributed by atoms with van der Waals surface area (Å²) < 4.78 is 29.0. The lowest BCUT2D eigenvalue weighted by atomic mass is 10.0. The predicted octanol–water partition coefficient (Wildman–Crippen LogP) is 3.64. The molecule has 1 aliphatic heterocycles. The molecule has 10 heteroatoms. The van der Waals surface area contributed by atoms with Gasteiger partial charge in [-0.2, -0.15) is 8.78 Å². The Morgan fingerprint density at radius 1 is 1.27 bits per heavy atom. The van der Waals surface area contributed by atoms with Gasteiger partial charge in [0.05, 0.1) is 4.92 Å². The van der Waals surface area contributed by atoms with Crippen LogP contribution in [0.2, 0.25) is 0 Å². The number of anilines is 2. The molecule has 1 fully saturated rings. The monoisotopic (exact) mass is 420 g/mol. The molecule has 1 unspecified atom stereocenters. The van der Waals surface area contributed by atoms with Crippen LogP contribution in [0.15, 0.2) is 42.5 Å². The summed E-state index contributed by atoms with van der Waals surface area (Å²) in [5.74, 6) is -0.306. The van der Waals surface area contributed by atoms with Crippen LogP contribution in [0.25, 0.3) is 0 Å². The van der Waals surface area contributed by atoms with Crippen molar-refractivity contribution in [3.63, 3.8) is 0 Å². The molecule has 30 heavy (non-hydrogen) atoms. The van der Waals surface area contributed by atoms with E-state index in [2.05, 4.69) is 20.3 Å². The molecule has 8 nitrogen and oxygen atoms in total. The Morgan fingerprint density at radius 2 is 2.00 bits per heavy atom. The molecule has 1 saturated heterocycles. The maximum absolute atomic E-state index is 12.3. The van der Waals surface area contributed by atoms with E-state index < -0.39 is 17.4 Å². The third kappa shape index (κ3) is 5.13. The normalized spacial score (nSPS) is 16.3. The van der Waals surface area contributed by atoms with Crippen LogP contribution in [-0.2, 0) is 0 Å². The topological polar surface area (TPSA) is 96.7 Å². The quantitative estimate of drug-likeness (QED) is 0.524. The zero-order valence-corrected chi connectivity index (χ0v) is 16.3. The fraction of sp³-hybridized carbons (Fsp3) is 0.350. The molecule has 3 rings (SSSR count). The van der Waals surface area contributed by atoms with E-state index in [0.29, 0.717) is 12.2 Å². The van der Waals surface area contributed by atoms with Crippen LogP contribution in [-0.4, -0.2) is 43.6 Å². The van der Waals surface area contributed by atoms with Crippen LogP contribution >= 0.6 is 0 Å². The van der Waals surface area contributed by atoms with Crippen LogP contribution in [0.5, 0.6) is 5.75 Å². The second-order valence-corrected chi connectivity index (χ2v) is 6.87. The molecule has 0 saturated carbocycles. The minimum Gasteiger partial charge on any atom is -0.435 e. The molecule has 1 amide bonds. The van der Waals surface area contributed by atoms with Crippen molar-refractivity contribution in [3.05, 3.63) is 58.1 Å². The van der Waals surface area contributed by atoms with Gasteiger partial charge >= 0.3 is 6.61 Å². The Bertz CT molecular complexity index is 908. The van der Waals surface area contributed by atoms with E-state index in [1.54, 1.807) is 12.1 Å². The fourth-order valence-electron chi connectivity index (χ4n) is 3.48. The van der Waals surface area contributed by atoms with Crippen molar-refractivity contribution in [2.24, 2.45) is 0 Å². The van der Waals surface area contributed by atoms with E-state index in [4.69, 9.17) is 0 Å². The number of hydrogen-bond donors (Lipinski definition) is 2. The number of carbonyl (C=O) groups excluding carboxylic acids is 1. The molecule has 0 aromatic heterocycles. The number of nitrogens with one attached hydrogen (secondary N) is 2. The largest absolute Gasteiger partial charge is 0.435 e. The molecule has 160 valence electrons. The number of amides is 1. The molecule has 1 heterocycles. The first-order valence-electron chi connectivity index (χ1n) is 9.44. The summed E-state index contributed by atoms with van der Waals surface area (Å²) in [4.78, 5) is 24.8. The number of nitrogens with zero attached hydrogens (tertiary/aromatic N) is 2. The number of rotatable bonds is 7. The Hall–Kier alpha value is -3.43. The summed E-state index contributed by atoms with van der Waals surface area (Å²) in [7, 11) is 1.46. The predicted molar refractivity (Wildman–Crippen MR) is 108 cm³/mol. The van der Waals surface area contributed by atoms with E-state index in [9.17, 15) is 23.7 Å². The zero-order valence-electron chi connectivity index (χ0n) is 16.3. The van der Waals surface area contributed by atoms with Crippen molar-refractivity contribution in [2.75, 3.05) is 30.4 Å². The first kappa shape index (κ1) is 21.3. The van der Waals surface area contributed by atoms with Crippen molar-refractivity contribution >= 4 is 23.0 Å². The standard InChI is InChI=1S/C20H22F2N4O4/c1-23-19(27)13-4-9-17(18(11-13)26(28)29)24-14-3-2-10-25(12-14)15-5-7-16(8-6-15)30-20(21)22/h4-9,11,14,20,24H,2-3,10,12H2,1H3,(H,23,27). The van der Waals surface area contributed by atoms with Gasteiger partial charge in [-0.15, -0.1) is 0 Å². The number of nitro benzene ring substituents is 1. The third-order valence-electron chi connectivity index (χ3n) is 4.89. The number of carbonyl (C=O) groups is 1. The number of alkyl halides is 2. The molecule has 2 N–H and O–H groups in total. The average Bonchev–Trinajstić information content (AvgIpc) is 2.73. The van der Waals surface area contributed by atoms with E-state index in [-0.39, 0.29) is 23.0 Å². The lowest BCUT2D eigenvalue weighted by Gasteiger charge is -2.35. The van der Waals surface area contributed by atoms with Crippen LogP contribution in [0.3, 0.4) is 0 Å². The van der Waals surface area contributed by atoms with E-state index in [0.717, 1.165) is 25.1 Å². The molecule has 0 radical (unpaired) electrons. The summed E-state index contributed by atoms with van der Waals surface area (Å²) in [6.45, 7) is -1.50. The van der Waals surface area contributed by atoms with Gasteiger partial charge in [-0.05, 0) is 49.2 Å². The highest BCUT2D eigenvalue weighted by molar-refractivity contribution is 5.95. The van der Waals surface area contributed by atoms with Gasteiger partial charge in [0.15, 0.2) is 0 Å². The molecular weight excluding hydrogens is 398 g/mol. The van der Waals surface area contributed by atoms with Crippen molar-refractivity contribution < 1.29 is 23.2 Å². The van der Waals surface area contributed by atoms with Gasteiger partial charge in [-0.3, -0.25) is 14.9 Å². The summed E-state index contributed by atoms with van der Waals surface area (Å²) >= 11 is 0. The lowest BCUT2D eigenvalue weighted by Crippen LogP contribution is -2.42. The fourth-order valence-corrected chi connectivity index (χ4v) is 3.48. The smallest absolute Gasteiger partial charge is 0.387 e. The highest BCUT2D eigenvalue weighted by Gasteiger charge is 2.24. The molecular formula is C20H22F2N4O4. The van der Waals surface area contributed by atoms with E-state index >= 15 is 0 Å². The zero-order chi connectivity index (χ0) is 21.7. The van der Waals surface area contributed by atoms with Gasteiger partial charge in [0, 0.05) is 43.5 Å². The van der Waals surface area contributed by atoms with Crippen molar-refractivity contribution in [3.8, 4) is 5.75 Å². The number of ether oxygens (including phenoxy) is 1. The molecule has 2 aromatic carbocycles. The van der Waals surface area contributed by atoms with Gasteiger partial charge in [-0.25, -0.2) is 0 Å². The summed E-state index contributed by atoms with van der Waals surface area (Å²) in [6, 6.07) is 10.7. The summed E-state index contributed by atoms with van der Waals surface area (Å²) in [6.07, 6.45) is 1.68. The van der Waals surface area contributed by atoms with E-state index in [1.807, 2.05) is 0 Å². The van der Waals surface area contributed by atoms with Gasteiger partial charge in [0.1, 0.15) is 11.4 Å². The van der Waals surface area contributed by atoms with E-state index in [1.165, 1.54) is 37.4 Å². The lowest BCUT2D eigenvalue weighted by molar-refractivity contribution is -0.384. The second-order valence-electron chi connectivity index (χ2n) is 6.87. The minimum absolute atomic E-state index is 0.0553.